The summed E-state index contributed by atoms with van der Waals surface area (Å²) in [6, 6.07) is 29.7. The van der Waals surface area contributed by atoms with Crippen molar-refractivity contribution in [1.29, 1.82) is 0 Å². The average molecular weight is 567 g/mol. The fourth-order valence-corrected chi connectivity index (χ4v) is 7.43. The number of rotatable bonds is 5. The first-order valence-electron chi connectivity index (χ1n) is 14.2. The Morgan fingerprint density at radius 2 is 1.63 bits per heavy atom. The number of nitrogens with zero attached hydrogens (tertiary/aromatic N) is 1. The van der Waals surface area contributed by atoms with Gasteiger partial charge < -0.3 is 19.4 Å². The number of Topliss-reactive ketones (excluding diaryl/α,β-unsaturated/α-hetero) is 2. The quantitative estimate of drug-likeness (QED) is 0.247. The van der Waals surface area contributed by atoms with Crippen molar-refractivity contribution in [2.24, 2.45) is 5.92 Å². The summed E-state index contributed by atoms with van der Waals surface area (Å²) in [4.78, 5) is 46.3. The zero-order valence-corrected chi connectivity index (χ0v) is 23.2. The van der Waals surface area contributed by atoms with Gasteiger partial charge in [-0.3, -0.25) is 14.4 Å². The molecule has 4 atom stereocenters. The predicted molar refractivity (Wildman–Crippen MR) is 162 cm³/mol. The van der Waals surface area contributed by atoms with Gasteiger partial charge in [-0.25, -0.2) is 0 Å². The fraction of sp³-hybridized carbons (Fsp3) is 0.139. The number of benzene rings is 4. The molecule has 0 radical (unpaired) electrons. The number of methoxy groups -OCH3 is 1. The molecule has 1 aromatic heterocycles. The van der Waals surface area contributed by atoms with Crippen LogP contribution < -0.4 is 10.1 Å². The molecule has 4 heterocycles. The Hall–Kier alpha value is -5.43. The largest absolute Gasteiger partial charge is 0.496 e. The molecule has 43 heavy (non-hydrogen) atoms. The molecule has 1 spiro atoms. The van der Waals surface area contributed by atoms with Crippen LogP contribution in [-0.2, 0) is 10.2 Å². The van der Waals surface area contributed by atoms with Gasteiger partial charge in [0, 0.05) is 17.3 Å². The fourth-order valence-electron chi connectivity index (χ4n) is 7.43. The van der Waals surface area contributed by atoms with Crippen molar-refractivity contribution < 1.29 is 23.5 Å². The van der Waals surface area contributed by atoms with Crippen molar-refractivity contribution in [2.45, 2.75) is 17.5 Å². The van der Waals surface area contributed by atoms with Crippen LogP contribution in [0.15, 0.2) is 114 Å². The number of anilines is 1. The molecule has 0 aliphatic carbocycles. The van der Waals surface area contributed by atoms with E-state index in [-0.39, 0.29) is 17.5 Å². The summed E-state index contributed by atoms with van der Waals surface area (Å²) in [7, 11) is 1.51. The van der Waals surface area contributed by atoms with E-state index in [1.54, 1.807) is 36.4 Å². The molecule has 1 fully saturated rings. The smallest absolute Gasteiger partial charge is 0.238 e. The van der Waals surface area contributed by atoms with Crippen LogP contribution in [0.5, 0.6) is 5.75 Å². The number of furan rings is 1. The highest BCUT2D eigenvalue weighted by Crippen LogP contribution is 2.62. The van der Waals surface area contributed by atoms with Gasteiger partial charge in [-0.05, 0) is 53.1 Å². The Kier molecular flexibility index (Phi) is 5.46. The molecule has 5 aromatic rings. The molecule has 3 aliphatic rings. The highest BCUT2D eigenvalue weighted by Gasteiger charge is 2.71. The standard InChI is InChI=1S/C36H26N2O5/c1-42-28-17-9-5-13-24(28)32(39)31-30(33(40)29-20-22-11-3-8-16-27(22)43-29)36(25-14-6-7-15-26(25)37-35(36)41)34-23-12-4-2-10-21(23)18-19-38(31)34/h2-20,30-31,34H,1H3,(H,37,41)/t30-,31+,34-,36-/m1/s1. The van der Waals surface area contributed by atoms with Crippen LogP contribution >= 0.6 is 0 Å². The maximum Gasteiger partial charge on any atom is 0.238 e. The number of hydrogen-bond acceptors (Lipinski definition) is 6. The SMILES string of the molecule is COc1ccccc1C(=O)[C@@H]1[C@H](C(=O)c2cc3ccccc3o2)[C@@]2(C(=O)Nc3ccccc32)[C@H]2c3ccccc3C=CN12. The van der Waals surface area contributed by atoms with Crippen LogP contribution in [0.3, 0.4) is 0 Å². The lowest BCUT2D eigenvalue weighted by Gasteiger charge is -2.38. The van der Waals surface area contributed by atoms with Crippen molar-refractivity contribution >= 4 is 40.2 Å². The van der Waals surface area contributed by atoms with Crippen LogP contribution in [0.2, 0.25) is 0 Å². The van der Waals surface area contributed by atoms with E-state index >= 15 is 0 Å². The summed E-state index contributed by atoms with van der Waals surface area (Å²) in [6.07, 6.45) is 3.79. The van der Waals surface area contributed by atoms with E-state index in [4.69, 9.17) is 9.15 Å². The second-order valence-electron chi connectivity index (χ2n) is 11.2. The third-order valence-corrected chi connectivity index (χ3v) is 9.16. The number of hydrogen-bond donors (Lipinski definition) is 1. The third-order valence-electron chi connectivity index (χ3n) is 9.16. The Bertz CT molecular complexity index is 1970. The van der Waals surface area contributed by atoms with Crippen LogP contribution in [-0.4, -0.2) is 35.5 Å². The Labute approximate surface area is 247 Å². The molecule has 7 heteroatoms. The lowest BCUT2D eigenvalue weighted by Crippen LogP contribution is -2.49. The van der Waals surface area contributed by atoms with Crippen LogP contribution in [0.1, 0.15) is 43.6 Å². The summed E-state index contributed by atoms with van der Waals surface area (Å²) < 4.78 is 11.7. The van der Waals surface area contributed by atoms with Gasteiger partial charge in [-0.2, -0.15) is 0 Å². The van der Waals surface area contributed by atoms with E-state index in [2.05, 4.69) is 5.32 Å². The summed E-state index contributed by atoms with van der Waals surface area (Å²) in [6.45, 7) is 0. The number of ketones is 2. The van der Waals surface area contributed by atoms with E-state index in [0.29, 0.717) is 28.1 Å². The van der Waals surface area contributed by atoms with Crippen LogP contribution in [0, 0.1) is 5.92 Å². The first-order valence-corrected chi connectivity index (χ1v) is 14.2. The first kappa shape index (κ1) is 25.3. The number of amides is 1. The van der Waals surface area contributed by atoms with Crippen LogP contribution in [0.25, 0.3) is 17.0 Å². The van der Waals surface area contributed by atoms with Gasteiger partial charge in [0.15, 0.2) is 11.5 Å². The molecule has 1 N–H and O–H groups in total. The Morgan fingerprint density at radius 3 is 2.49 bits per heavy atom. The normalized spacial score (nSPS) is 23.1. The Balaban J connectivity index is 1.44. The van der Waals surface area contributed by atoms with Crippen LogP contribution in [0.4, 0.5) is 5.69 Å². The van der Waals surface area contributed by atoms with Gasteiger partial charge in [-0.1, -0.05) is 72.8 Å². The molecule has 1 amide bonds. The Morgan fingerprint density at radius 1 is 0.884 bits per heavy atom. The van der Waals surface area contributed by atoms with Gasteiger partial charge in [0.25, 0.3) is 0 Å². The maximum atomic E-state index is 15.0. The molecular formula is C36H26N2O5. The minimum atomic E-state index is -1.43. The van der Waals surface area contributed by atoms with Crippen molar-refractivity contribution in [3.63, 3.8) is 0 Å². The molecule has 3 aliphatic heterocycles. The third kappa shape index (κ3) is 3.39. The minimum Gasteiger partial charge on any atom is -0.496 e. The van der Waals surface area contributed by atoms with E-state index in [1.165, 1.54) is 7.11 Å². The van der Waals surface area contributed by atoms with Gasteiger partial charge in [0.05, 0.1) is 24.6 Å². The molecule has 0 unspecified atom stereocenters. The van der Waals surface area contributed by atoms with Crippen molar-refractivity contribution in [2.75, 3.05) is 12.4 Å². The lowest BCUT2D eigenvalue weighted by atomic mass is 9.63. The van der Waals surface area contributed by atoms with Crippen molar-refractivity contribution in [3.05, 3.63) is 137 Å². The average Bonchev–Trinajstić information content (AvgIpc) is 3.71. The maximum absolute atomic E-state index is 15.0. The molecule has 0 bridgehead atoms. The molecule has 210 valence electrons. The predicted octanol–water partition coefficient (Wildman–Crippen LogP) is 6.42. The van der Waals surface area contributed by atoms with E-state index in [0.717, 1.165) is 16.5 Å². The van der Waals surface area contributed by atoms with Crippen molar-refractivity contribution in [1.82, 2.24) is 4.90 Å². The highest BCUT2D eigenvalue weighted by molar-refractivity contribution is 6.17. The zero-order valence-electron chi connectivity index (χ0n) is 23.2. The number of nitrogens with one attached hydrogen (secondary N) is 1. The molecule has 1 saturated heterocycles. The molecular weight excluding hydrogens is 540 g/mol. The van der Waals surface area contributed by atoms with Gasteiger partial charge in [-0.15, -0.1) is 0 Å². The molecule has 4 aromatic carbocycles. The van der Waals surface area contributed by atoms with Crippen molar-refractivity contribution in [3.8, 4) is 5.75 Å². The topological polar surface area (TPSA) is 88.9 Å². The highest BCUT2D eigenvalue weighted by atomic mass is 16.5. The van der Waals surface area contributed by atoms with E-state index in [1.807, 2.05) is 83.9 Å². The van der Waals surface area contributed by atoms with Gasteiger partial charge in [0.1, 0.15) is 22.8 Å². The van der Waals surface area contributed by atoms with E-state index in [9.17, 15) is 14.4 Å². The van der Waals surface area contributed by atoms with Gasteiger partial charge >= 0.3 is 0 Å². The monoisotopic (exact) mass is 566 g/mol. The molecule has 7 nitrogen and oxygen atoms in total. The second kappa shape index (κ2) is 9.29. The number of carbonyl (C=O) groups excluding carboxylic acids is 3. The number of fused-ring (bicyclic) bond motifs is 7. The zero-order chi connectivity index (χ0) is 29.3. The second-order valence-corrected chi connectivity index (χ2v) is 11.2. The summed E-state index contributed by atoms with van der Waals surface area (Å²) in [5, 5.41) is 3.84. The van der Waals surface area contributed by atoms with E-state index < -0.39 is 29.2 Å². The summed E-state index contributed by atoms with van der Waals surface area (Å²) >= 11 is 0. The molecule has 8 rings (SSSR count). The minimum absolute atomic E-state index is 0.109. The molecule has 0 saturated carbocycles. The summed E-state index contributed by atoms with van der Waals surface area (Å²) in [5.41, 5.74) is 2.58. The number of carbonyl (C=O) groups is 3. The lowest BCUT2D eigenvalue weighted by molar-refractivity contribution is -0.122. The summed E-state index contributed by atoms with van der Waals surface area (Å²) in [5.74, 6) is -1.66. The number of para-hydroxylation sites is 3. The van der Waals surface area contributed by atoms with Gasteiger partial charge in [0.2, 0.25) is 11.7 Å². The first-order chi connectivity index (χ1) is 21.0. The number of ether oxygens (including phenoxy) is 1.